The molecule has 0 atom stereocenters. The van der Waals surface area contributed by atoms with E-state index in [0.717, 1.165) is 56.7 Å². The Balaban J connectivity index is 1.55. The van der Waals surface area contributed by atoms with Crippen molar-refractivity contribution in [2.45, 2.75) is 19.6 Å². The van der Waals surface area contributed by atoms with Gasteiger partial charge in [0, 0.05) is 45.3 Å². The molecule has 0 aliphatic carbocycles. The van der Waals surface area contributed by atoms with Gasteiger partial charge in [0.15, 0.2) is 5.96 Å². The van der Waals surface area contributed by atoms with Crippen LogP contribution in [0.15, 0.2) is 66.2 Å². The summed E-state index contributed by atoms with van der Waals surface area (Å²) < 4.78 is 11.2. The summed E-state index contributed by atoms with van der Waals surface area (Å²) in [6.07, 6.45) is 1.75. The van der Waals surface area contributed by atoms with Gasteiger partial charge in [-0.25, -0.2) is 0 Å². The minimum absolute atomic E-state index is 0.490. The van der Waals surface area contributed by atoms with Crippen molar-refractivity contribution in [1.29, 1.82) is 0 Å². The second-order valence-electron chi connectivity index (χ2n) is 7.14. The summed E-state index contributed by atoms with van der Waals surface area (Å²) in [6.45, 7) is 10.1. The fraction of sp³-hybridized carbons (Fsp3) is 0.375. The lowest BCUT2D eigenvalue weighted by Crippen LogP contribution is -2.37. The Hall–Kier alpha value is -2.83. The van der Waals surface area contributed by atoms with Crippen molar-refractivity contribution in [3.05, 3.63) is 77.9 Å². The summed E-state index contributed by atoms with van der Waals surface area (Å²) in [5.41, 5.74) is 3.70. The lowest BCUT2D eigenvalue weighted by atomic mass is 10.1. The van der Waals surface area contributed by atoms with Crippen LogP contribution in [0.4, 0.5) is 0 Å². The summed E-state index contributed by atoms with van der Waals surface area (Å²) in [5.74, 6) is 1.62. The van der Waals surface area contributed by atoms with E-state index < -0.39 is 0 Å². The molecule has 0 radical (unpaired) electrons. The lowest BCUT2D eigenvalue weighted by molar-refractivity contribution is 0.0341. The number of ether oxygens (including phenoxy) is 2. The van der Waals surface area contributed by atoms with Crippen LogP contribution in [-0.2, 0) is 24.4 Å². The van der Waals surface area contributed by atoms with Gasteiger partial charge in [0.2, 0.25) is 0 Å². The van der Waals surface area contributed by atoms with Crippen molar-refractivity contribution >= 4 is 5.96 Å². The molecule has 0 amide bonds. The van der Waals surface area contributed by atoms with Gasteiger partial charge in [-0.05, 0) is 17.2 Å². The predicted octanol–water partition coefficient (Wildman–Crippen LogP) is 2.95. The van der Waals surface area contributed by atoms with Gasteiger partial charge in [0.1, 0.15) is 12.4 Å². The zero-order valence-electron chi connectivity index (χ0n) is 17.8. The molecule has 0 saturated carbocycles. The Bertz CT molecular complexity index is 831. The zero-order chi connectivity index (χ0) is 21.0. The molecular weight excluding hydrogens is 376 g/mol. The molecule has 2 aromatic carbocycles. The van der Waals surface area contributed by atoms with Crippen LogP contribution < -0.4 is 15.4 Å². The summed E-state index contributed by atoms with van der Waals surface area (Å²) in [4.78, 5) is 6.81. The van der Waals surface area contributed by atoms with Crippen LogP contribution in [0, 0.1) is 0 Å². The number of para-hydroxylation sites is 1. The second kappa shape index (κ2) is 12.0. The predicted molar refractivity (Wildman–Crippen MR) is 122 cm³/mol. The molecule has 0 bridgehead atoms. The van der Waals surface area contributed by atoms with E-state index in [9.17, 15) is 0 Å². The highest BCUT2D eigenvalue weighted by molar-refractivity contribution is 5.79. The number of morpholine rings is 1. The van der Waals surface area contributed by atoms with Gasteiger partial charge in [0.25, 0.3) is 0 Å². The molecule has 6 nitrogen and oxygen atoms in total. The van der Waals surface area contributed by atoms with Gasteiger partial charge in [-0.15, -0.1) is 0 Å². The summed E-state index contributed by atoms with van der Waals surface area (Å²) in [5, 5.41) is 6.81. The molecule has 0 spiro atoms. The number of nitrogens with zero attached hydrogens (tertiary/aromatic N) is 2. The standard InChI is InChI=1S/C24H32N4O2/c1-3-14-30-23-11-7-6-9-21(23)18-27-24(25-2)26-17-20-8-4-5-10-22(20)19-28-12-15-29-16-13-28/h3-11H,1,12-19H2,2H3,(H2,25,26,27). The molecule has 3 rings (SSSR count). The van der Waals surface area contributed by atoms with Crippen molar-refractivity contribution in [3.63, 3.8) is 0 Å². The molecule has 0 unspecified atom stereocenters. The number of aliphatic imine (C=N–C) groups is 1. The molecular formula is C24H32N4O2. The van der Waals surface area contributed by atoms with Crippen molar-refractivity contribution in [2.24, 2.45) is 4.99 Å². The fourth-order valence-corrected chi connectivity index (χ4v) is 3.40. The molecule has 160 valence electrons. The van der Waals surface area contributed by atoms with Crippen LogP contribution in [-0.4, -0.2) is 50.8 Å². The first kappa shape index (κ1) is 21.9. The Kier molecular flexibility index (Phi) is 8.75. The first-order valence-electron chi connectivity index (χ1n) is 10.4. The van der Waals surface area contributed by atoms with Crippen molar-refractivity contribution in [3.8, 4) is 5.75 Å². The third-order valence-electron chi connectivity index (χ3n) is 5.06. The molecule has 1 saturated heterocycles. The minimum atomic E-state index is 0.490. The molecule has 2 aromatic rings. The number of hydrogen-bond acceptors (Lipinski definition) is 4. The van der Waals surface area contributed by atoms with Gasteiger partial charge < -0.3 is 20.1 Å². The maximum absolute atomic E-state index is 5.74. The average Bonchev–Trinajstić information content (AvgIpc) is 2.80. The van der Waals surface area contributed by atoms with E-state index in [4.69, 9.17) is 9.47 Å². The topological polar surface area (TPSA) is 58.1 Å². The van der Waals surface area contributed by atoms with Crippen LogP contribution in [0.25, 0.3) is 0 Å². The van der Waals surface area contributed by atoms with Crippen LogP contribution in [0.1, 0.15) is 16.7 Å². The smallest absolute Gasteiger partial charge is 0.191 e. The van der Waals surface area contributed by atoms with E-state index in [0.29, 0.717) is 13.2 Å². The van der Waals surface area contributed by atoms with Crippen LogP contribution in [0.2, 0.25) is 0 Å². The lowest BCUT2D eigenvalue weighted by Gasteiger charge is -2.27. The van der Waals surface area contributed by atoms with Crippen molar-refractivity contribution in [2.75, 3.05) is 40.0 Å². The molecule has 30 heavy (non-hydrogen) atoms. The molecule has 6 heteroatoms. The van der Waals surface area contributed by atoms with E-state index >= 15 is 0 Å². The Morgan fingerprint density at radius 2 is 1.67 bits per heavy atom. The highest BCUT2D eigenvalue weighted by Gasteiger charge is 2.13. The van der Waals surface area contributed by atoms with Gasteiger partial charge in [-0.3, -0.25) is 9.89 Å². The van der Waals surface area contributed by atoms with Crippen molar-refractivity contribution in [1.82, 2.24) is 15.5 Å². The number of nitrogens with one attached hydrogen (secondary N) is 2. The molecule has 1 fully saturated rings. The Morgan fingerprint density at radius 3 is 2.37 bits per heavy atom. The van der Waals surface area contributed by atoms with Crippen LogP contribution >= 0.6 is 0 Å². The van der Waals surface area contributed by atoms with Crippen LogP contribution in [0.5, 0.6) is 5.75 Å². The quantitative estimate of drug-likeness (QED) is 0.380. The third kappa shape index (κ3) is 6.61. The largest absolute Gasteiger partial charge is 0.489 e. The average molecular weight is 409 g/mol. The van der Waals surface area contributed by atoms with E-state index in [1.807, 2.05) is 18.2 Å². The SMILES string of the molecule is C=CCOc1ccccc1CNC(=NC)NCc1ccccc1CN1CCOCC1. The number of hydrogen-bond donors (Lipinski definition) is 2. The van der Waals surface area contributed by atoms with Gasteiger partial charge in [-0.1, -0.05) is 55.1 Å². The van der Waals surface area contributed by atoms with Gasteiger partial charge in [0.05, 0.1) is 13.2 Å². The molecule has 1 aliphatic heterocycles. The van der Waals surface area contributed by atoms with Gasteiger partial charge >= 0.3 is 0 Å². The highest BCUT2D eigenvalue weighted by Crippen LogP contribution is 2.17. The number of rotatable bonds is 9. The molecule has 2 N–H and O–H groups in total. The third-order valence-corrected chi connectivity index (χ3v) is 5.06. The van der Waals surface area contributed by atoms with E-state index in [1.165, 1.54) is 11.1 Å². The molecule has 1 heterocycles. The highest BCUT2D eigenvalue weighted by atomic mass is 16.5. The monoisotopic (exact) mass is 408 g/mol. The maximum Gasteiger partial charge on any atom is 0.191 e. The number of benzene rings is 2. The summed E-state index contributed by atoms with van der Waals surface area (Å²) in [7, 11) is 1.79. The van der Waals surface area contributed by atoms with E-state index in [-0.39, 0.29) is 0 Å². The fourth-order valence-electron chi connectivity index (χ4n) is 3.40. The van der Waals surface area contributed by atoms with Crippen LogP contribution in [0.3, 0.4) is 0 Å². The Labute approximate surface area is 179 Å². The van der Waals surface area contributed by atoms with E-state index in [2.05, 4.69) is 57.4 Å². The van der Waals surface area contributed by atoms with Gasteiger partial charge in [-0.2, -0.15) is 0 Å². The molecule has 1 aliphatic rings. The number of guanidine groups is 1. The summed E-state index contributed by atoms with van der Waals surface area (Å²) >= 11 is 0. The summed E-state index contributed by atoms with van der Waals surface area (Å²) in [6, 6.07) is 16.6. The first-order valence-corrected chi connectivity index (χ1v) is 10.4. The second-order valence-corrected chi connectivity index (χ2v) is 7.14. The van der Waals surface area contributed by atoms with Crippen molar-refractivity contribution < 1.29 is 9.47 Å². The molecule has 0 aromatic heterocycles. The normalized spacial score (nSPS) is 14.9. The zero-order valence-corrected chi connectivity index (χ0v) is 17.8. The first-order chi connectivity index (χ1) is 14.8. The maximum atomic E-state index is 5.74. The van der Waals surface area contributed by atoms with E-state index in [1.54, 1.807) is 13.1 Å². The minimum Gasteiger partial charge on any atom is -0.489 e. The Morgan fingerprint density at radius 1 is 1.03 bits per heavy atom.